The van der Waals surface area contributed by atoms with E-state index in [1.165, 1.54) is 12.4 Å². The first-order chi connectivity index (χ1) is 8.40. The molecule has 94 valence electrons. The molecule has 0 saturated heterocycles. The van der Waals surface area contributed by atoms with E-state index in [1.54, 1.807) is 6.92 Å². The molecule has 2 rings (SSSR count). The van der Waals surface area contributed by atoms with Crippen LogP contribution in [0.5, 0.6) is 0 Å². The molecule has 2 nitrogen and oxygen atoms in total. The molecule has 0 aliphatic heterocycles. The summed E-state index contributed by atoms with van der Waals surface area (Å²) in [7, 11) is 0. The number of ether oxygens (including phenoxy) is 1. The molecule has 0 spiro atoms. The molecule has 0 atom stereocenters. The number of carbonyl (C=O) groups excluding carboxylic acids is 1. The Morgan fingerprint density at radius 2 is 2.00 bits per heavy atom. The Balaban J connectivity index is 2.34. The van der Waals surface area contributed by atoms with Gasteiger partial charge in [0.25, 0.3) is 0 Å². The van der Waals surface area contributed by atoms with Gasteiger partial charge >= 0.3 is 117 Å². The summed E-state index contributed by atoms with van der Waals surface area (Å²) in [6, 6.07) is 10.6. The average Bonchev–Trinajstić information content (AvgIpc) is 2.72. The fourth-order valence-corrected chi connectivity index (χ4v) is 4.79. The number of rotatable bonds is 3. The molecule has 1 aromatic carbocycles. The topological polar surface area (TPSA) is 26.3 Å². The van der Waals surface area contributed by atoms with Crippen LogP contribution in [0.15, 0.2) is 42.5 Å². The molecule has 0 aliphatic rings. The van der Waals surface area contributed by atoms with Crippen LogP contribution in [0.1, 0.15) is 24.4 Å². The van der Waals surface area contributed by atoms with Gasteiger partial charge in [0.1, 0.15) is 0 Å². The van der Waals surface area contributed by atoms with E-state index in [2.05, 4.69) is 30.8 Å². The van der Waals surface area contributed by atoms with E-state index in [4.69, 9.17) is 4.74 Å². The predicted octanol–water partition coefficient (Wildman–Crippen LogP) is 3.25. The fourth-order valence-electron chi connectivity index (χ4n) is 1.65. The molecule has 1 heterocycles. The van der Waals surface area contributed by atoms with E-state index in [1.807, 2.05) is 19.9 Å². The number of esters is 1. The van der Waals surface area contributed by atoms with Crippen LogP contribution in [0, 0.1) is 0 Å². The molecule has 0 N–H and O–H groups in total. The molecule has 0 bridgehead atoms. The summed E-state index contributed by atoms with van der Waals surface area (Å²) in [5.41, 5.74) is -0.0862. The van der Waals surface area contributed by atoms with Gasteiger partial charge in [-0.15, -0.1) is 0 Å². The van der Waals surface area contributed by atoms with E-state index in [0.717, 1.165) is 0 Å². The summed E-state index contributed by atoms with van der Waals surface area (Å²) < 4.78 is 8.21. The molecular formula is C15H16O2Te. The second-order valence-corrected chi connectivity index (χ2v) is 7.92. The predicted molar refractivity (Wildman–Crippen MR) is 74.8 cm³/mol. The number of carbonyl (C=O) groups is 1. The van der Waals surface area contributed by atoms with Crippen molar-refractivity contribution in [3.63, 3.8) is 0 Å². The van der Waals surface area contributed by atoms with Gasteiger partial charge in [-0.25, -0.2) is 0 Å². The molecule has 0 unspecified atom stereocenters. The van der Waals surface area contributed by atoms with Crippen molar-refractivity contribution in [3.8, 4) is 0 Å². The van der Waals surface area contributed by atoms with E-state index >= 15 is 0 Å². The molecular weight excluding hydrogens is 340 g/mol. The molecule has 2 aromatic rings. The van der Waals surface area contributed by atoms with Gasteiger partial charge in [-0.05, 0) is 0 Å². The van der Waals surface area contributed by atoms with Gasteiger partial charge in [-0.2, -0.15) is 0 Å². The van der Waals surface area contributed by atoms with Gasteiger partial charge in [-0.1, -0.05) is 0 Å². The molecule has 1 aromatic heterocycles. The normalized spacial score (nSPS) is 11.5. The van der Waals surface area contributed by atoms with E-state index in [-0.39, 0.29) is 5.97 Å². The van der Waals surface area contributed by atoms with Crippen molar-refractivity contribution in [2.45, 2.75) is 26.4 Å². The second-order valence-electron chi connectivity index (χ2n) is 4.83. The Kier molecular flexibility index (Phi) is 3.66. The average molecular weight is 356 g/mol. The molecule has 0 fully saturated rings. The maximum absolute atomic E-state index is 11.7. The first kappa shape index (κ1) is 13.4. The third-order valence-electron chi connectivity index (χ3n) is 2.72. The number of hydrogen-bond donors (Lipinski definition) is 0. The van der Waals surface area contributed by atoms with Crippen molar-refractivity contribution >= 4 is 35.2 Å². The van der Waals surface area contributed by atoms with E-state index < -0.39 is 26.0 Å². The zero-order valence-corrected chi connectivity index (χ0v) is 13.1. The summed E-state index contributed by atoms with van der Waals surface area (Å²) in [6.07, 6.45) is 0. The summed E-state index contributed by atoms with van der Waals surface area (Å²) in [6.45, 7) is 9.20. The Hall–Kier alpha value is -1.04. The van der Waals surface area contributed by atoms with Gasteiger partial charge in [-0.3, -0.25) is 0 Å². The number of fused-ring (bicyclic) bond motifs is 1. The molecule has 0 radical (unpaired) electrons. The van der Waals surface area contributed by atoms with Gasteiger partial charge in [0.05, 0.1) is 0 Å². The second kappa shape index (κ2) is 4.91. The number of hydrogen-bond acceptors (Lipinski definition) is 2. The zero-order chi connectivity index (χ0) is 13.3. The van der Waals surface area contributed by atoms with Gasteiger partial charge < -0.3 is 0 Å². The summed E-state index contributed by atoms with van der Waals surface area (Å²) in [4.78, 5) is 11.7. The summed E-state index contributed by atoms with van der Waals surface area (Å²) in [5, 5.41) is 1.27. The van der Waals surface area contributed by atoms with E-state index in [9.17, 15) is 4.79 Å². The van der Waals surface area contributed by atoms with Crippen molar-refractivity contribution in [3.05, 3.63) is 46.1 Å². The quantitative estimate of drug-likeness (QED) is 0.480. The summed E-state index contributed by atoms with van der Waals surface area (Å²) >= 11 is -0.425. The Morgan fingerprint density at radius 3 is 2.61 bits per heavy atom. The van der Waals surface area contributed by atoms with E-state index in [0.29, 0.717) is 5.57 Å². The molecule has 3 heteroatoms. The van der Waals surface area contributed by atoms with Crippen LogP contribution in [0.25, 0.3) is 8.79 Å². The maximum atomic E-state index is 11.7. The van der Waals surface area contributed by atoms with Crippen molar-refractivity contribution < 1.29 is 9.53 Å². The SMILES string of the molecule is C=C(C)C(=O)OC(C)(C)c1cc2ccccc2[te]1. The standard InChI is InChI=1S/C15H16O2Te/c1-10(2)14(16)17-15(3,4)13-9-11-7-5-6-8-12(11)18-13/h5-9H,1H2,2-4H3. The van der Waals surface area contributed by atoms with Crippen molar-refractivity contribution in [1.82, 2.24) is 0 Å². The van der Waals surface area contributed by atoms with Gasteiger partial charge in [0, 0.05) is 0 Å². The van der Waals surface area contributed by atoms with Crippen LogP contribution in [-0.4, -0.2) is 26.4 Å². The Labute approximate surface area is 117 Å². The monoisotopic (exact) mass is 358 g/mol. The van der Waals surface area contributed by atoms with Crippen molar-refractivity contribution in [2.75, 3.05) is 0 Å². The van der Waals surface area contributed by atoms with Crippen LogP contribution in [0.3, 0.4) is 0 Å². The molecule has 18 heavy (non-hydrogen) atoms. The summed E-state index contributed by atoms with van der Waals surface area (Å²) in [5.74, 6) is -0.315. The number of benzene rings is 1. The third kappa shape index (κ3) is 2.68. The molecule has 0 saturated carbocycles. The molecule has 0 amide bonds. The minimum atomic E-state index is -0.530. The van der Waals surface area contributed by atoms with Crippen LogP contribution in [-0.2, 0) is 15.1 Å². The Bertz CT molecular complexity index is 575. The minimum absolute atomic E-state index is 0.315. The Morgan fingerprint density at radius 1 is 1.33 bits per heavy atom. The molecule has 0 aliphatic carbocycles. The first-order valence-electron chi connectivity index (χ1n) is 5.78. The zero-order valence-electron chi connectivity index (χ0n) is 10.8. The van der Waals surface area contributed by atoms with Crippen LogP contribution in [0.4, 0.5) is 0 Å². The van der Waals surface area contributed by atoms with Gasteiger partial charge in [0.2, 0.25) is 0 Å². The van der Waals surface area contributed by atoms with Crippen LogP contribution < -0.4 is 0 Å². The first-order valence-corrected chi connectivity index (χ1v) is 8.11. The van der Waals surface area contributed by atoms with Crippen LogP contribution in [0.2, 0.25) is 0 Å². The van der Waals surface area contributed by atoms with Gasteiger partial charge in [0.15, 0.2) is 0 Å². The van der Waals surface area contributed by atoms with Crippen LogP contribution >= 0.6 is 0 Å². The third-order valence-corrected chi connectivity index (χ3v) is 6.77. The van der Waals surface area contributed by atoms with Crippen molar-refractivity contribution in [1.29, 1.82) is 0 Å². The van der Waals surface area contributed by atoms with Crippen molar-refractivity contribution in [2.24, 2.45) is 0 Å². The fraction of sp³-hybridized carbons (Fsp3) is 0.267.